The number of rotatable bonds is 5. The van der Waals surface area contributed by atoms with Gasteiger partial charge in [-0.2, -0.15) is 5.10 Å². The summed E-state index contributed by atoms with van der Waals surface area (Å²) in [6.07, 6.45) is 7.78. The lowest BCUT2D eigenvalue weighted by atomic mass is 10.0. The van der Waals surface area contributed by atoms with E-state index in [1.54, 1.807) is 0 Å². The molecule has 2 aliphatic rings. The van der Waals surface area contributed by atoms with Crippen molar-refractivity contribution < 1.29 is 4.74 Å². The molecule has 2 fully saturated rings. The summed E-state index contributed by atoms with van der Waals surface area (Å²) >= 11 is 0. The summed E-state index contributed by atoms with van der Waals surface area (Å²) in [5, 5.41) is 5.84. The van der Waals surface area contributed by atoms with Crippen LogP contribution >= 0.6 is 0 Å². The summed E-state index contributed by atoms with van der Waals surface area (Å²) in [4.78, 5) is 19.0. The van der Waals surface area contributed by atoms with Gasteiger partial charge in [-0.3, -0.25) is 9.88 Å². The SMILES string of the molecule is Nc1ccc(-c2nc(N3CCOCC3)c3cnn(C4CCN(Cc5cccnc5)CC4)c3n2)cc1. The Morgan fingerprint density at radius 2 is 1.74 bits per heavy atom. The molecule has 1 aromatic carbocycles. The number of piperidine rings is 1. The van der Waals surface area contributed by atoms with Crippen LogP contribution in [0.25, 0.3) is 22.4 Å². The number of fused-ring (bicyclic) bond motifs is 1. The molecule has 9 heteroatoms. The van der Waals surface area contributed by atoms with Crippen molar-refractivity contribution in [3.8, 4) is 11.4 Å². The molecule has 0 amide bonds. The highest BCUT2D eigenvalue weighted by atomic mass is 16.5. The van der Waals surface area contributed by atoms with Gasteiger partial charge in [0.1, 0.15) is 5.82 Å². The van der Waals surface area contributed by atoms with Gasteiger partial charge in [-0.25, -0.2) is 14.6 Å². The van der Waals surface area contributed by atoms with Gasteiger partial charge in [0.15, 0.2) is 11.5 Å². The minimum absolute atomic E-state index is 0.310. The fourth-order valence-electron chi connectivity index (χ4n) is 5.03. The van der Waals surface area contributed by atoms with E-state index in [4.69, 9.17) is 25.5 Å². The molecule has 5 heterocycles. The third kappa shape index (κ3) is 4.56. The van der Waals surface area contributed by atoms with Crippen LogP contribution in [0.5, 0.6) is 0 Å². The lowest BCUT2D eigenvalue weighted by Crippen LogP contribution is -2.37. The van der Waals surface area contributed by atoms with Gasteiger partial charge in [0, 0.05) is 56.4 Å². The van der Waals surface area contributed by atoms with E-state index in [1.807, 2.05) is 48.9 Å². The highest BCUT2D eigenvalue weighted by molar-refractivity contribution is 5.89. The van der Waals surface area contributed by atoms with Crippen molar-refractivity contribution in [2.24, 2.45) is 0 Å². The maximum atomic E-state index is 5.92. The number of pyridine rings is 1. The molecule has 180 valence electrons. The van der Waals surface area contributed by atoms with E-state index in [2.05, 4.69) is 25.5 Å². The second kappa shape index (κ2) is 9.59. The molecule has 0 saturated carbocycles. The normalized spacial score (nSPS) is 17.8. The summed E-state index contributed by atoms with van der Waals surface area (Å²) in [6.45, 7) is 6.00. The van der Waals surface area contributed by atoms with Crippen LogP contribution in [0.4, 0.5) is 11.5 Å². The van der Waals surface area contributed by atoms with Crippen LogP contribution in [-0.4, -0.2) is 69.0 Å². The molecule has 2 saturated heterocycles. The molecule has 35 heavy (non-hydrogen) atoms. The van der Waals surface area contributed by atoms with Gasteiger partial charge in [-0.15, -0.1) is 0 Å². The van der Waals surface area contributed by atoms with E-state index < -0.39 is 0 Å². The number of hydrogen-bond donors (Lipinski definition) is 1. The zero-order valence-electron chi connectivity index (χ0n) is 19.8. The van der Waals surface area contributed by atoms with E-state index >= 15 is 0 Å². The van der Waals surface area contributed by atoms with Gasteiger partial charge < -0.3 is 15.4 Å². The van der Waals surface area contributed by atoms with E-state index in [1.165, 1.54) is 5.56 Å². The lowest BCUT2D eigenvalue weighted by Gasteiger charge is -2.32. The van der Waals surface area contributed by atoms with Crippen molar-refractivity contribution in [1.29, 1.82) is 0 Å². The minimum atomic E-state index is 0.310. The maximum absolute atomic E-state index is 5.92. The summed E-state index contributed by atoms with van der Waals surface area (Å²) in [6, 6.07) is 12.2. The quantitative estimate of drug-likeness (QED) is 0.444. The van der Waals surface area contributed by atoms with Gasteiger partial charge in [0.2, 0.25) is 0 Å². The molecular weight excluding hydrogens is 440 g/mol. The number of aromatic nitrogens is 5. The summed E-state index contributed by atoms with van der Waals surface area (Å²) in [5.74, 6) is 1.64. The molecule has 2 aliphatic heterocycles. The topological polar surface area (TPSA) is 98.2 Å². The van der Waals surface area contributed by atoms with Gasteiger partial charge in [-0.05, 0) is 48.7 Å². The Morgan fingerprint density at radius 3 is 2.49 bits per heavy atom. The monoisotopic (exact) mass is 470 g/mol. The van der Waals surface area contributed by atoms with Crippen molar-refractivity contribution in [3.63, 3.8) is 0 Å². The number of likely N-dealkylation sites (tertiary alicyclic amines) is 1. The number of nitrogen functional groups attached to an aromatic ring is 1. The van der Waals surface area contributed by atoms with Crippen molar-refractivity contribution in [2.75, 3.05) is 50.0 Å². The standard InChI is InChI=1S/C26H30N8O/c27-21-5-3-20(4-6-21)24-30-25(33-12-14-35-15-13-33)23-17-29-34(26(23)31-24)22-7-10-32(11-8-22)18-19-2-1-9-28-16-19/h1-6,9,16-17,22H,7-8,10-15,18,27H2. The fourth-order valence-corrected chi connectivity index (χ4v) is 5.03. The Bertz CT molecular complexity index is 1280. The number of benzene rings is 1. The first-order valence-electron chi connectivity index (χ1n) is 12.3. The predicted molar refractivity (Wildman–Crippen MR) is 136 cm³/mol. The van der Waals surface area contributed by atoms with Crippen molar-refractivity contribution in [2.45, 2.75) is 25.4 Å². The molecule has 0 radical (unpaired) electrons. The highest BCUT2D eigenvalue weighted by Crippen LogP contribution is 2.32. The second-order valence-electron chi connectivity index (χ2n) is 9.29. The number of morpholine rings is 1. The molecule has 0 unspecified atom stereocenters. The van der Waals surface area contributed by atoms with Gasteiger partial charge >= 0.3 is 0 Å². The van der Waals surface area contributed by atoms with Crippen LogP contribution in [0.2, 0.25) is 0 Å². The first-order valence-corrected chi connectivity index (χ1v) is 12.3. The average Bonchev–Trinajstić information content (AvgIpc) is 3.34. The van der Waals surface area contributed by atoms with Crippen LogP contribution in [0.1, 0.15) is 24.4 Å². The van der Waals surface area contributed by atoms with E-state index in [0.29, 0.717) is 25.1 Å². The van der Waals surface area contributed by atoms with Gasteiger partial charge in [0.25, 0.3) is 0 Å². The van der Waals surface area contributed by atoms with E-state index in [0.717, 1.165) is 73.7 Å². The van der Waals surface area contributed by atoms with Gasteiger partial charge in [-0.1, -0.05) is 6.07 Å². The molecule has 0 spiro atoms. The number of nitrogens with zero attached hydrogens (tertiary/aromatic N) is 7. The van der Waals surface area contributed by atoms with Crippen molar-refractivity contribution in [3.05, 3.63) is 60.6 Å². The van der Waals surface area contributed by atoms with Gasteiger partial charge in [0.05, 0.1) is 30.8 Å². The number of hydrogen-bond acceptors (Lipinski definition) is 8. The Hall–Kier alpha value is -3.56. The largest absolute Gasteiger partial charge is 0.399 e. The van der Waals surface area contributed by atoms with E-state index in [-0.39, 0.29) is 0 Å². The van der Waals surface area contributed by atoms with Crippen LogP contribution in [0.15, 0.2) is 55.0 Å². The Balaban J connectivity index is 1.31. The maximum Gasteiger partial charge on any atom is 0.164 e. The van der Waals surface area contributed by atoms with E-state index in [9.17, 15) is 0 Å². The zero-order chi connectivity index (χ0) is 23.6. The average molecular weight is 471 g/mol. The van der Waals surface area contributed by atoms with Crippen LogP contribution in [0, 0.1) is 0 Å². The Kier molecular flexibility index (Phi) is 6.01. The molecular formula is C26H30N8O. The molecule has 2 N–H and O–H groups in total. The number of anilines is 2. The first kappa shape index (κ1) is 21.9. The first-order chi connectivity index (χ1) is 17.2. The molecule has 0 aliphatic carbocycles. The van der Waals surface area contributed by atoms with Crippen LogP contribution in [0.3, 0.4) is 0 Å². The highest BCUT2D eigenvalue weighted by Gasteiger charge is 2.26. The molecule has 4 aromatic rings. The smallest absolute Gasteiger partial charge is 0.164 e. The summed E-state index contributed by atoms with van der Waals surface area (Å²) in [5.41, 5.74) is 9.76. The molecule has 3 aromatic heterocycles. The van der Waals surface area contributed by atoms with Crippen LogP contribution in [-0.2, 0) is 11.3 Å². The third-order valence-corrected chi connectivity index (χ3v) is 6.95. The minimum Gasteiger partial charge on any atom is -0.399 e. The summed E-state index contributed by atoms with van der Waals surface area (Å²) < 4.78 is 7.71. The fraction of sp³-hybridized carbons (Fsp3) is 0.385. The number of ether oxygens (including phenoxy) is 1. The molecule has 9 nitrogen and oxygen atoms in total. The Morgan fingerprint density at radius 1 is 0.943 bits per heavy atom. The third-order valence-electron chi connectivity index (χ3n) is 6.95. The number of nitrogens with two attached hydrogens (primary N) is 1. The summed E-state index contributed by atoms with van der Waals surface area (Å²) in [7, 11) is 0. The van der Waals surface area contributed by atoms with Crippen molar-refractivity contribution in [1.82, 2.24) is 29.6 Å². The Labute approximate surface area is 204 Å². The molecule has 0 bridgehead atoms. The zero-order valence-corrected chi connectivity index (χ0v) is 19.8. The van der Waals surface area contributed by atoms with Crippen molar-refractivity contribution >= 4 is 22.5 Å². The second-order valence-corrected chi connectivity index (χ2v) is 9.29. The van der Waals surface area contributed by atoms with Crippen LogP contribution < -0.4 is 10.6 Å². The predicted octanol–water partition coefficient (Wildman–Crippen LogP) is 3.14. The lowest BCUT2D eigenvalue weighted by molar-refractivity contribution is 0.122. The molecule has 0 atom stereocenters. The molecule has 6 rings (SSSR count).